The van der Waals surface area contributed by atoms with Crippen LogP contribution >= 0.6 is 11.3 Å². The van der Waals surface area contributed by atoms with E-state index in [9.17, 15) is 0 Å². The molecular formula is C46H48IrN2SSi-2. The SMILES string of the molecule is CC(C)Cc1cc(-c2[c-]cccc2)ncc1[Si](C)(C)C.CCC(CC)c1ccnc(-c2[c-]ccc3c2sc2cccc(-c4ccccc4)c23)c1.[Ir]. The number of fused-ring (bicyclic) bond motifs is 3. The number of hydrogen-bond donors (Lipinski definition) is 0. The Hall–Kier alpha value is -3.73. The number of thiophene rings is 1. The van der Waals surface area contributed by atoms with Crippen LogP contribution in [-0.2, 0) is 26.5 Å². The van der Waals surface area contributed by atoms with Crippen molar-refractivity contribution in [1.82, 2.24) is 9.97 Å². The Kier molecular flexibility index (Phi) is 13.0. The summed E-state index contributed by atoms with van der Waals surface area (Å²) in [5.41, 5.74) is 9.66. The second-order valence-corrected chi connectivity index (χ2v) is 20.7. The van der Waals surface area contributed by atoms with Crippen LogP contribution in [0.3, 0.4) is 0 Å². The minimum absolute atomic E-state index is 0. The normalized spacial score (nSPS) is 11.5. The molecule has 1 radical (unpaired) electrons. The summed E-state index contributed by atoms with van der Waals surface area (Å²) in [6.07, 6.45) is 7.49. The standard InChI is InChI=1S/C28H24NS.C18H24NSi.Ir/c1-3-19(4-2)21-16-17-29-25(18-21)23-13-8-14-24-27-22(20-10-6-5-7-11-20)12-9-15-26(27)30-28(23)24;1-14(2)11-16-12-17(15-9-7-6-8-10-15)19-13-18(16)20(3,4)5;/h5-12,14-19H,3-4H2,1-2H3;6-9,12-14H,11H2,1-5H3;/q2*-1;. The molecule has 263 valence electrons. The van der Waals surface area contributed by atoms with Crippen molar-refractivity contribution < 1.29 is 20.1 Å². The zero-order valence-electron chi connectivity index (χ0n) is 30.9. The van der Waals surface area contributed by atoms with Gasteiger partial charge in [-0.15, -0.1) is 59.7 Å². The minimum atomic E-state index is -1.34. The Morgan fingerprint density at radius 3 is 2.22 bits per heavy atom. The first-order valence-electron chi connectivity index (χ1n) is 18.0. The number of benzene rings is 4. The summed E-state index contributed by atoms with van der Waals surface area (Å²) in [4.78, 5) is 9.42. The van der Waals surface area contributed by atoms with E-state index in [4.69, 9.17) is 4.98 Å². The number of pyridine rings is 2. The summed E-state index contributed by atoms with van der Waals surface area (Å²) >= 11 is 1.85. The quantitative estimate of drug-likeness (QED) is 0.107. The van der Waals surface area contributed by atoms with Crippen LogP contribution in [0.1, 0.15) is 57.6 Å². The molecule has 3 heterocycles. The maximum Gasteiger partial charge on any atom is 0.0798 e. The predicted octanol–water partition coefficient (Wildman–Crippen LogP) is 12.8. The van der Waals surface area contributed by atoms with Gasteiger partial charge in [-0.2, -0.15) is 11.3 Å². The van der Waals surface area contributed by atoms with Gasteiger partial charge in [0, 0.05) is 37.2 Å². The van der Waals surface area contributed by atoms with Gasteiger partial charge in [0.1, 0.15) is 0 Å². The largest absolute Gasteiger partial charge is 0.305 e. The van der Waals surface area contributed by atoms with Crippen molar-refractivity contribution in [2.45, 2.75) is 72.5 Å². The van der Waals surface area contributed by atoms with Crippen molar-refractivity contribution in [3.63, 3.8) is 0 Å². The maximum absolute atomic E-state index is 4.74. The first-order valence-corrected chi connectivity index (χ1v) is 22.3. The number of rotatable bonds is 9. The molecule has 0 aliphatic carbocycles. The fraction of sp³-hybridized carbons (Fsp3) is 0.261. The minimum Gasteiger partial charge on any atom is -0.305 e. The number of aromatic nitrogens is 2. The fourth-order valence-electron chi connectivity index (χ4n) is 6.92. The van der Waals surface area contributed by atoms with Gasteiger partial charge in [0.05, 0.1) is 8.07 Å². The first-order chi connectivity index (χ1) is 24.2. The van der Waals surface area contributed by atoms with Crippen molar-refractivity contribution >= 4 is 44.8 Å². The van der Waals surface area contributed by atoms with Crippen molar-refractivity contribution in [1.29, 1.82) is 0 Å². The molecule has 0 saturated carbocycles. The molecule has 2 nitrogen and oxygen atoms in total. The molecule has 0 unspecified atom stereocenters. The van der Waals surface area contributed by atoms with Gasteiger partial charge in [0.25, 0.3) is 0 Å². The van der Waals surface area contributed by atoms with Crippen LogP contribution in [0, 0.1) is 18.1 Å². The van der Waals surface area contributed by atoms with Crippen LogP contribution in [0.5, 0.6) is 0 Å². The smallest absolute Gasteiger partial charge is 0.0798 e. The van der Waals surface area contributed by atoms with Crippen molar-refractivity contribution in [3.05, 3.63) is 139 Å². The predicted molar refractivity (Wildman–Crippen MR) is 220 cm³/mol. The van der Waals surface area contributed by atoms with E-state index in [1.165, 1.54) is 47.6 Å². The molecular weight excluding hydrogens is 833 g/mol. The summed E-state index contributed by atoms with van der Waals surface area (Å²) < 4.78 is 2.58. The number of nitrogens with zero attached hydrogens (tertiary/aromatic N) is 2. The number of hydrogen-bond acceptors (Lipinski definition) is 3. The van der Waals surface area contributed by atoms with Crippen LogP contribution in [-0.4, -0.2) is 18.0 Å². The van der Waals surface area contributed by atoms with E-state index < -0.39 is 8.07 Å². The molecule has 0 N–H and O–H groups in total. The van der Waals surface area contributed by atoms with Crippen LogP contribution in [0.25, 0.3) is 53.8 Å². The molecule has 7 rings (SSSR count). The summed E-state index contributed by atoms with van der Waals surface area (Å²) in [6.45, 7) is 16.3. The van der Waals surface area contributed by atoms with Gasteiger partial charge in [-0.05, 0) is 81.0 Å². The van der Waals surface area contributed by atoms with E-state index in [1.54, 1.807) is 0 Å². The van der Waals surface area contributed by atoms with Crippen LogP contribution in [0.2, 0.25) is 19.6 Å². The van der Waals surface area contributed by atoms with Crippen LogP contribution in [0.4, 0.5) is 0 Å². The molecule has 0 amide bonds. The molecule has 5 heteroatoms. The average molecular weight is 881 g/mol. The molecule has 0 saturated heterocycles. The van der Waals surface area contributed by atoms with Crippen LogP contribution in [0.15, 0.2) is 116 Å². The fourth-order valence-corrected chi connectivity index (χ4v) is 9.74. The Morgan fingerprint density at radius 1 is 0.765 bits per heavy atom. The molecule has 0 aliphatic rings. The van der Waals surface area contributed by atoms with Crippen LogP contribution < -0.4 is 5.19 Å². The van der Waals surface area contributed by atoms with Gasteiger partial charge in [-0.25, -0.2) is 0 Å². The van der Waals surface area contributed by atoms with Gasteiger partial charge in [-0.3, -0.25) is 0 Å². The molecule has 51 heavy (non-hydrogen) atoms. The summed E-state index contributed by atoms with van der Waals surface area (Å²) in [7, 11) is -1.34. The summed E-state index contributed by atoms with van der Waals surface area (Å²) in [6, 6.07) is 43.1. The molecule has 0 bridgehead atoms. The zero-order valence-corrected chi connectivity index (χ0v) is 35.1. The third-order valence-electron chi connectivity index (χ3n) is 9.45. The topological polar surface area (TPSA) is 25.8 Å². The first kappa shape index (κ1) is 38.5. The monoisotopic (exact) mass is 881 g/mol. The van der Waals surface area contributed by atoms with Gasteiger partial charge in [0.15, 0.2) is 0 Å². The van der Waals surface area contributed by atoms with E-state index in [1.807, 2.05) is 35.7 Å². The molecule has 3 aromatic heterocycles. The van der Waals surface area contributed by atoms with E-state index in [0.717, 1.165) is 41.8 Å². The van der Waals surface area contributed by atoms with Crippen molar-refractivity contribution in [2.24, 2.45) is 5.92 Å². The Labute approximate surface area is 323 Å². The van der Waals surface area contributed by atoms with Gasteiger partial charge < -0.3 is 9.97 Å². The molecule has 7 aromatic rings. The van der Waals surface area contributed by atoms with E-state index >= 15 is 0 Å². The third kappa shape index (κ3) is 8.84. The van der Waals surface area contributed by atoms with Gasteiger partial charge in [0.2, 0.25) is 0 Å². The van der Waals surface area contributed by atoms with E-state index in [-0.39, 0.29) is 20.1 Å². The van der Waals surface area contributed by atoms with Gasteiger partial charge >= 0.3 is 0 Å². The Bertz CT molecular complexity index is 2180. The molecule has 0 fully saturated rings. The van der Waals surface area contributed by atoms with Gasteiger partial charge in [-0.1, -0.05) is 118 Å². The molecule has 0 spiro atoms. The van der Waals surface area contributed by atoms with Crippen molar-refractivity contribution in [2.75, 3.05) is 0 Å². The molecule has 0 atom stereocenters. The zero-order chi connectivity index (χ0) is 35.3. The average Bonchev–Trinajstić information content (AvgIpc) is 3.52. The third-order valence-corrected chi connectivity index (χ3v) is 12.7. The Morgan fingerprint density at radius 2 is 1.53 bits per heavy atom. The molecule has 0 aliphatic heterocycles. The van der Waals surface area contributed by atoms with E-state index in [0.29, 0.717) is 11.8 Å². The second-order valence-electron chi connectivity index (χ2n) is 14.6. The van der Waals surface area contributed by atoms with Crippen molar-refractivity contribution in [3.8, 4) is 33.6 Å². The Balaban J connectivity index is 0.000000211. The summed E-state index contributed by atoms with van der Waals surface area (Å²) in [5.74, 6) is 1.25. The summed E-state index contributed by atoms with van der Waals surface area (Å²) in [5, 5.41) is 4.11. The molecule has 4 aromatic carbocycles. The maximum atomic E-state index is 4.74. The van der Waals surface area contributed by atoms with E-state index in [2.05, 4.69) is 156 Å². The second kappa shape index (κ2) is 17.2.